The fraction of sp³-hybridized carbons (Fsp3) is 0.833. The average molecular weight is 243 g/mol. The van der Waals surface area contributed by atoms with Crippen molar-refractivity contribution < 1.29 is 19.4 Å². The summed E-state index contributed by atoms with van der Waals surface area (Å²) in [6.07, 6.45) is 1.72. The number of amides is 1. The molecular formula is C12H21NO4. The SMILES string of the molecule is CCOCC1(C(=O)N(CC)CCC(=O)O)CC1. The Hall–Kier alpha value is -1.10. The third-order valence-electron chi connectivity index (χ3n) is 3.15. The smallest absolute Gasteiger partial charge is 0.305 e. The molecule has 0 aromatic carbocycles. The van der Waals surface area contributed by atoms with Gasteiger partial charge in [-0.05, 0) is 26.7 Å². The van der Waals surface area contributed by atoms with Gasteiger partial charge in [-0.1, -0.05) is 0 Å². The van der Waals surface area contributed by atoms with Crippen molar-refractivity contribution in [3.63, 3.8) is 0 Å². The van der Waals surface area contributed by atoms with Crippen LogP contribution in [0.5, 0.6) is 0 Å². The lowest BCUT2D eigenvalue weighted by Gasteiger charge is -2.25. The Kier molecular flexibility index (Phi) is 4.93. The van der Waals surface area contributed by atoms with Crippen molar-refractivity contribution in [1.82, 2.24) is 4.90 Å². The lowest BCUT2D eigenvalue weighted by molar-refractivity contribution is -0.141. The van der Waals surface area contributed by atoms with E-state index in [1.165, 1.54) is 0 Å². The van der Waals surface area contributed by atoms with E-state index in [-0.39, 0.29) is 17.7 Å². The van der Waals surface area contributed by atoms with Gasteiger partial charge in [0.05, 0.1) is 18.4 Å². The average Bonchev–Trinajstić information content (AvgIpc) is 3.07. The largest absolute Gasteiger partial charge is 0.481 e. The van der Waals surface area contributed by atoms with E-state index in [9.17, 15) is 9.59 Å². The molecule has 0 aromatic heterocycles. The van der Waals surface area contributed by atoms with Crippen LogP contribution in [0.2, 0.25) is 0 Å². The Morgan fingerprint density at radius 1 is 1.35 bits per heavy atom. The van der Waals surface area contributed by atoms with Crippen LogP contribution in [0.4, 0.5) is 0 Å². The van der Waals surface area contributed by atoms with Gasteiger partial charge in [0.1, 0.15) is 0 Å². The summed E-state index contributed by atoms with van der Waals surface area (Å²) in [5.41, 5.74) is -0.357. The molecule has 0 aliphatic heterocycles. The Morgan fingerprint density at radius 3 is 2.41 bits per heavy atom. The summed E-state index contributed by atoms with van der Waals surface area (Å²) >= 11 is 0. The minimum Gasteiger partial charge on any atom is -0.481 e. The quantitative estimate of drug-likeness (QED) is 0.694. The molecule has 0 radical (unpaired) electrons. The summed E-state index contributed by atoms with van der Waals surface area (Å²) in [5.74, 6) is -0.819. The molecule has 1 aliphatic rings. The van der Waals surface area contributed by atoms with Gasteiger partial charge < -0.3 is 14.7 Å². The number of carboxylic acid groups (broad SMARTS) is 1. The van der Waals surface area contributed by atoms with Crippen LogP contribution in [0.15, 0.2) is 0 Å². The zero-order valence-corrected chi connectivity index (χ0v) is 10.6. The van der Waals surface area contributed by atoms with Crippen molar-refractivity contribution in [3.05, 3.63) is 0 Å². The molecule has 0 unspecified atom stereocenters. The van der Waals surface area contributed by atoms with Crippen LogP contribution in [0.1, 0.15) is 33.1 Å². The molecule has 5 nitrogen and oxygen atoms in total. The molecule has 0 atom stereocenters. The zero-order chi connectivity index (χ0) is 12.9. The molecule has 0 heterocycles. The van der Waals surface area contributed by atoms with E-state index in [0.29, 0.717) is 26.3 Å². The highest BCUT2D eigenvalue weighted by atomic mass is 16.5. The summed E-state index contributed by atoms with van der Waals surface area (Å²) in [7, 11) is 0. The summed E-state index contributed by atoms with van der Waals surface area (Å²) in [5, 5.41) is 8.64. The maximum Gasteiger partial charge on any atom is 0.305 e. The van der Waals surface area contributed by atoms with Gasteiger partial charge in [-0.2, -0.15) is 0 Å². The highest BCUT2D eigenvalue weighted by Crippen LogP contribution is 2.47. The highest BCUT2D eigenvalue weighted by molar-refractivity contribution is 5.85. The Morgan fingerprint density at radius 2 is 2.00 bits per heavy atom. The van der Waals surface area contributed by atoms with E-state index in [2.05, 4.69) is 0 Å². The van der Waals surface area contributed by atoms with E-state index >= 15 is 0 Å². The Bertz CT molecular complexity index is 286. The number of carboxylic acids is 1. The summed E-state index contributed by atoms with van der Waals surface area (Å²) in [6.45, 7) is 5.69. The van der Waals surface area contributed by atoms with Crippen molar-refractivity contribution in [2.75, 3.05) is 26.3 Å². The second kappa shape index (κ2) is 6.00. The fourth-order valence-corrected chi connectivity index (χ4v) is 1.84. The number of aliphatic carboxylic acids is 1. The minimum absolute atomic E-state index is 0.00426. The van der Waals surface area contributed by atoms with Crippen LogP contribution in [0, 0.1) is 5.41 Å². The fourth-order valence-electron chi connectivity index (χ4n) is 1.84. The van der Waals surface area contributed by atoms with Crippen molar-refractivity contribution >= 4 is 11.9 Å². The molecule has 5 heteroatoms. The normalized spacial score (nSPS) is 16.6. The molecule has 1 amide bonds. The Balaban J connectivity index is 2.50. The lowest BCUT2D eigenvalue weighted by Crippen LogP contribution is -2.40. The number of nitrogens with zero attached hydrogens (tertiary/aromatic N) is 1. The number of hydrogen-bond acceptors (Lipinski definition) is 3. The number of carbonyl (C=O) groups is 2. The van der Waals surface area contributed by atoms with E-state index in [4.69, 9.17) is 9.84 Å². The van der Waals surface area contributed by atoms with Gasteiger partial charge in [-0.15, -0.1) is 0 Å². The van der Waals surface area contributed by atoms with Crippen molar-refractivity contribution in [2.45, 2.75) is 33.1 Å². The summed E-state index contributed by atoms with van der Waals surface area (Å²) < 4.78 is 5.34. The van der Waals surface area contributed by atoms with Crippen molar-refractivity contribution in [1.29, 1.82) is 0 Å². The molecule has 1 N–H and O–H groups in total. The minimum atomic E-state index is -0.870. The number of carbonyl (C=O) groups excluding carboxylic acids is 1. The first kappa shape index (κ1) is 14.0. The predicted octanol–water partition coefficient (Wildman–Crippen LogP) is 1.13. The zero-order valence-electron chi connectivity index (χ0n) is 10.6. The van der Waals surface area contributed by atoms with Crippen LogP contribution in [0.25, 0.3) is 0 Å². The van der Waals surface area contributed by atoms with Gasteiger partial charge in [-0.3, -0.25) is 9.59 Å². The number of rotatable bonds is 8. The maximum atomic E-state index is 12.2. The molecule has 0 saturated heterocycles. The van der Waals surface area contributed by atoms with Crippen LogP contribution in [-0.4, -0.2) is 48.2 Å². The molecular weight excluding hydrogens is 222 g/mol. The Labute approximate surface area is 102 Å². The molecule has 1 fully saturated rings. The van der Waals surface area contributed by atoms with E-state index in [1.54, 1.807) is 4.90 Å². The van der Waals surface area contributed by atoms with Crippen LogP contribution >= 0.6 is 0 Å². The van der Waals surface area contributed by atoms with Crippen LogP contribution in [0.3, 0.4) is 0 Å². The molecule has 0 aromatic rings. The maximum absolute atomic E-state index is 12.2. The topological polar surface area (TPSA) is 66.8 Å². The molecule has 1 saturated carbocycles. The van der Waals surface area contributed by atoms with Gasteiger partial charge in [0.15, 0.2) is 0 Å². The standard InChI is InChI=1S/C12H21NO4/c1-3-13(8-5-10(14)15)11(16)12(6-7-12)9-17-4-2/h3-9H2,1-2H3,(H,14,15). The molecule has 17 heavy (non-hydrogen) atoms. The lowest BCUT2D eigenvalue weighted by atomic mass is 10.1. The molecule has 98 valence electrons. The molecule has 1 rings (SSSR count). The summed E-state index contributed by atoms with van der Waals surface area (Å²) in [6, 6.07) is 0. The summed E-state index contributed by atoms with van der Waals surface area (Å²) in [4.78, 5) is 24.4. The van der Waals surface area contributed by atoms with Crippen LogP contribution < -0.4 is 0 Å². The van der Waals surface area contributed by atoms with Gasteiger partial charge in [0.25, 0.3) is 0 Å². The second-order valence-electron chi connectivity index (χ2n) is 4.45. The molecule has 0 bridgehead atoms. The van der Waals surface area contributed by atoms with E-state index in [1.807, 2.05) is 13.8 Å². The van der Waals surface area contributed by atoms with Gasteiger partial charge in [0.2, 0.25) is 5.91 Å². The third kappa shape index (κ3) is 3.70. The van der Waals surface area contributed by atoms with Gasteiger partial charge in [0, 0.05) is 19.7 Å². The van der Waals surface area contributed by atoms with Gasteiger partial charge >= 0.3 is 5.97 Å². The predicted molar refractivity (Wildman–Crippen MR) is 62.7 cm³/mol. The van der Waals surface area contributed by atoms with Crippen molar-refractivity contribution in [2.24, 2.45) is 5.41 Å². The molecule has 0 spiro atoms. The van der Waals surface area contributed by atoms with E-state index in [0.717, 1.165) is 12.8 Å². The molecule has 1 aliphatic carbocycles. The third-order valence-corrected chi connectivity index (χ3v) is 3.15. The first-order valence-corrected chi connectivity index (χ1v) is 6.14. The van der Waals surface area contributed by atoms with Gasteiger partial charge in [-0.25, -0.2) is 0 Å². The second-order valence-corrected chi connectivity index (χ2v) is 4.45. The number of ether oxygens (including phenoxy) is 1. The first-order valence-electron chi connectivity index (χ1n) is 6.14. The highest BCUT2D eigenvalue weighted by Gasteiger charge is 2.51. The van der Waals surface area contributed by atoms with Crippen LogP contribution in [-0.2, 0) is 14.3 Å². The van der Waals surface area contributed by atoms with E-state index < -0.39 is 5.97 Å². The first-order chi connectivity index (χ1) is 8.05. The number of hydrogen-bond donors (Lipinski definition) is 1. The monoisotopic (exact) mass is 243 g/mol. The van der Waals surface area contributed by atoms with Crippen molar-refractivity contribution in [3.8, 4) is 0 Å².